The lowest BCUT2D eigenvalue weighted by atomic mass is 9.79. The Bertz CT molecular complexity index is 2120. The third kappa shape index (κ3) is 5.05. The molecule has 1 aliphatic carbocycles. The van der Waals surface area contributed by atoms with Crippen LogP contribution in [0.25, 0.3) is 10.9 Å². The van der Waals surface area contributed by atoms with Crippen LogP contribution in [0.1, 0.15) is 59.0 Å². The molecule has 238 valence electrons. The van der Waals surface area contributed by atoms with Gasteiger partial charge in [-0.1, -0.05) is 72.1 Å². The van der Waals surface area contributed by atoms with E-state index in [1.165, 1.54) is 0 Å². The summed E-state index contributed by atoms with van der Waals surface area (Å²) in [5.41, 5.74) is 5.31. The van der Waals surface area contributed by atoms with E-state index < -0.39 is 20.0 Å². The lowest BCUT2D eigenvalue weighted by molar-refractivity contribution is 0.264. The molecule has 4 aromatic carbocycles. The number of methoxy groups -OCH3 is 1. The van der Waals surface area contributed by atoms with Crippen molar-refractivity contribution in [1.29, 1.82) is 0 Å². The normalized spacial score (nSPS) is 20.5. The minimum Gasteiger partial charge on any atom is -0.497 e. The quantitative estimate of drug-likeness (QED) is 0.193. The fourth-order valence-electron chi connectivity index (χ4n) is 7.53. The van der Waals surface area contributed by atoms with Crippen LogP contribution in [0.15, 0.2) is 107 Å². The highest BCUT2D eigenvalue weighted by Crippen LogP contribution is 2.56. The lowest BCUT2D eigenvalue weighted by Crippen LogP contribution is -2.40. The van der Waals surface area contributed by atoms with Crippen molar-refractivity contribution in [3.05, 3.63) is 125 Å². The van der Waals surface area contributed by atoms with Crippen LogP contribution in [-0.2, 0) is 20.0 Å². The standard InChI is InChI=1S/C37H38N2O5S2/c1-25-11-19-29(20-12-25)45(40,41)38-23-7-6-8-31-33(24-38)35(27-15-17-28(44-3)18-16-27)37-36(31)32-9-4-5-10-34(32)39(37)46(42,43)30-21-13-26(2)14-22-30/h4-5,9-22,31,33,35H,6-8,23-24H2,1-3H3/t31-,33+,35-/m1/s1. The molecule has 7 rings (SSSR count). The molecule has 0 spiro atoms. The van der Waals surface area contributed by atoms with Gasteiger partial charge in [-0.3, -0.25) is 0 Å². The fraction of sp³-hybridized carbons (Fsp3) is 0.297. The van der Waals surface area contributed by atoms with Crippen LogP contribution in [0.4, 0.5) is 0 Å². The summed E-state index contributed by atoms with van der Waals surface area (Å²) in [6, 6.07) is 29.5. The van der Waals surface area contributed by atoms with E-state index in [2.05, 4.69) is 0 Å². The smallest absolute Gasteiger partial charge is 0.268 e. The zero-order valence-electron chi connectivity index (χ0n) is 26.3. The van der Waals surface area contributed by atoms with Crippen molar-refractivity contribution in [2.24, 2.45) is 5.92 Å². The van der Waals surface area contributed by atoms with Crippen molar-refractivity contribution in [3.8, 4) is 5.75 Å². The van der Waals surface area contributed by atoms with Crippen molar-refractivity contribution in [3.63, 3.8) is 0 Å². The molecule has 0 saturated carbocycles. The first-order chi connectivity index (χ1) is 22.1. The molecule has 46 heavy (non-hydrogen) atoms. The molecule has 5 aromatic rings. The summed E-state index contributed by atoms with van der Waals surface area (Å²) in [5, 5.41) is 0.910. The topological polar surface area (TPSA) is 85.7 Å². The van der Waals surface area contributed by atoms with Crippen LogP contribution in [-0.4, -0.2) is 45.3 Å². The van der Waals surface area contributed by atoms with E-state index in [0.717, 1.165) is 52.6 Å². The van der Waals surface area contributed by atoms with Crippen LogP contribution in [0.2, 0.25) is 0 Å². The third-order valence-electron chi connectivity index (χ3n) is 9.80. The molecule has 2 heterocycles. The summed E-state index contributed by atoms with van der Waals surface area (Å²) in [6.07, 6.45) is 2.42. The number of rotatable bonds is 6. The van der Waals surface area contributed by atoms with E-state index in [9.17, 15) is 16.8 Å². The number of sulfonamides is 1. The number of fused-ring (bicyclic) bond motifs is 5. The average Bonchev–Trinajstić information content (AvgIpc) is 3.53. The van der Waals surface area contributed by atoms with Crippen molar-refractivity contribution in [2.45, 2.75) is 54.7 Å². The summed E-state index contributed by atoms with van der Waals surface area (Å²) in [5.74, 6) is 0.125. The van der Waals surface area contributed by atoms with Gasteiger partial charge >= 0.3 is 0 Å². The van der Waals surface area contributed by atoms with Gasteiger partial charge in [0.2, 0.25) is 10.0 Å². The molecular formula is C37H38N2O5S2. The van der Waals surface area contributed by atoms with E-state index in [1.54, 1.807) is 39.7 Å². The number of hydrogen-bond acceptors (Lipinski definition) is 5. The summed E-state index contributed by atoms with van der Waals surface area (Å²) < 4.78 is 66.3. The monoisotopic (exact) mass is 654 g/mol. The van der Waals surface area contributed by atoms with Gasteiger partial charge in [0.1, 0.15) is 5.75 Å². The van der Waals surface area contributed by atoms with Gasteiger partial charge in [-0.05, 0) is 92.1 Å². The minimum absolute atomic E-state index is 0.0301. The Balaban J connectivity index is 1.46. The lowest BCUT2D eigenvalue weighted by Gasteiger charge is -2.34. The second-order valence-corrected chi connectivity index (χ2v) is 16.3. The molecule has 7 nitrogen and oxygen atoms in total. The first-order valence-electron chi connectivity index (χ1n) is 15.8. The maximum Gasteiger partial charge on any atom is 0.268 e. The van der Waals surface area contributed by atoms with Gasteiger partial charge in [0.25, 0.3) is 10.0 Å². The molecule has 0 amide bonds. The Labute approximate surface area is 271 Å². The first-order valence-corrected chi connectivity index (χ1v) is 18.7. The summed E-state index contributed by atoms with van der Waals surface area (Å²) >= 11 is 0. The highest BCUT2D eigenvalue weighted by Gasteiger charge is 2.49. The van der Waals surface area contributed by atoms with Gasteiger partial charge in [-0.15, -0.1) is 0 Å². The molecule has 1 aliphatic heterocycles. The van der Waals surface area contributed by atoms with Crippen LogP contribution in [0, 0.1) is 19.8 Å². The largest absolute Gasteiger partial charge is 0.497 e. The van der Waals surface area contributed by atoms with Crippen LogP contribution in [0.5, 0.6) is 5.75 Å². The van der Waals surface area contributed by atoms with Crippen LogP contribution >= 0.6 is 0 Å². The van der Waals surface area contributed by atoms with Crippen LogP contribution in [0.3, 0.4) is 0 Å². The van der Waals surface area contributed by atoms with Gasteiger partial charge < -0.3 is 4.74 Å². The predicted molar refractivity (Wildman–Crippen MR) is 181 cm³/mol. The Morgan fingerprint density at radius 1 is 0.717 bits per heavy atom. The number of benzene rings is 4. The number of aryl methyl sites for hydroxylation is 2. The molecule has 0 unspecified atom stereocenters. The maximum atomic E-state index is 14.7. The third-order valence-corrected chi connectivity index (χ3v) is 13.4. The molecule has 1 fully saturated rings. The zero-order valence-corrected chi connectivity index (χ0v) is 27.9. The highest BCUT2D eigenvalue weighted by atomic mass is 32.2. The molecule has 0 N–H and O–H groups in total. The SMILES string of the molecule is COc1ccc([C@H]2c3c(c4ccccc4n3S(=O)(=O)c3ccc(C)cc3)[C@@H]3CCCCN(S(=O)(=O)c4ccc(C)cc4)C[C@H]23)cc1. The minimum atomic E-state index is -4.01. The van der Waals surface area contributed by atoms with Crippen molar-refractivity contribution in [2.75, 3.05) is 20.2 Å². The number of aromatic nitrogens is 1. The van der Waals surface area contributed by atoms with E-state index in [4.69, 9.17) is 4.74 Å². The van der Waals surface area contributed by atoms with Gasteiger partial charge in [-0.25, -0.2) is 20.8 Å². The Morgan fingerprint density at radius 2 is 1.33 bits per heavy atom. The first kappa shape index (κ1) is 30.7. The molecule has 0 radical (unpaired) electrons. The van der Waals surface area contributed by atoms with Gasteiger partial charge in [0, 0.05) is 30.1 Å². The number of para-hydroxylation sites is 1. The van der Waals surface area contributed by atoms with Crippen LogP contribution < -0.4 is 4.74 Å². The van der Waals surface area contributed by atoms with E-state index >= 15 is 0 Å². The van der Waals surface area contributed by atoms with E-state index in [-0.39, 0.29) is 34.1 Å². The number of nitrogens with zero attached hydrogens (tertiary/aromatic N) is 2. The van der Waals surface area contributed by atoms with Crippen molar-refractivity contribution in [1.82, 2.24) is 8.28 Å². The van der Waals surface area contributed by atoms with Crippen molar-refractivity contribution < 1.29 is 21.6 Å². The number of hydrogen-bond donors (Lipinski definition) is 0. The highest BCUT2D eigenvalue weighted by molar-refractivity contribution is 7.90. The summed E-state index contributed by atoms with van der Waals surface area (Å²) in [4.78, 5) is 0.506. The molecule has 1 aromatic heterocycles. The van der Waals surface area contributed by atoms with Gasteiger partial charge in [0.05, 0.1) is 22.4 Å². The molecule has 3 atom stereocenters. The molecule has 0 bridgehead atoms. The van der Waals surface area contributed by atoms with Crippen molar-refractivity contribution >= 4 is 30.9 Å². The Hall–Kier alpha value is -3.92. The maximum absolute atomic E-state index is 14.7. The zero-order chi connectivity index (χ0) is 32.2. The van der Waals surface area contributed by atoms with E-state index in [1.807, 2.05) is 86.6 Å². The van der Waals surface area contributed by atoms with Gasteiger partial charge in [0.15, 0.2) is 0 Å². The Morgan fingerprint density at radius 3 is 1.96 bits per heavy atom. The van der Waals surface area contributed by atoms with E-state index in [0.29, 0.717) is 17.8 Å². The fourth-order valence-corrected chi connectivity index (χ4v) is 10.6. The second kappa shape index (κ2) is 11.7. The van der Waals surface area contributed by atoms with Gasteiger partial charge in [-0.2, -0.15) is 4.31 Å². The number of ether oxygens (including phenoxy) is 1. The average molecular weight is 655 g/mol. The predicted octanol–water partition coefficient (Wildman–Crippen LogP) is 7.22. The molecule has 1 saturated heterocycles. The summed E-state index contributed by atoms with van der Waals surface area (Å²) in [6.45, 7) is 4.58. The summed E-state index contributed by atoms with van der Waals surface area (Å²) in [7, 11) is -6.17. The molecule has 9 heteroatoms. The molecular weight excluding hydrogens is 617 g/mol. The Kier molecular flexibility index (Phi) is 7.82. The second-order valence-electron chi connectivity index (χ2n) is 12.6. The molecule has 2 aliphatic rings.